The summed E-state index contributed by atoms with van der Waals surface area (Å²) >= 11 is 10.8. The Morgan fingerprint density at radius 2 is 1.94 bits per heavy atom. The molecule has 5 heteroatoms. The number of nitrogens with two attached hydrogens (primary N) is 1. The van der Waals surface area contributed by atoms with Crippen LogP contribution in [-0.2, 0) is 4.79 Å². The van der Waals surface area contributed by atoms with Gasteiger partial charge in [0.2, 0.25) is 5.91 Å². The van der Waals surface area contributed by atoms with Crippen LogP contribution in [0.3, 0.4) is 0 Å². The number of rotatable bonds is 3. The molecule has 0 heterocycles. The maximum absolute atomic E-state index is 12.1. The van der Waals surface area contributed by atoms with Crippen molar-refractivity contribution < 1.29 is 4.79 Å². The maximum atomic E-state index is 12.1. The molecule has 3 N–H and O–H groups in total. The topological polar surface area (TPSA) is 55.1 Å². The second-order valence-electron chi connectivity index (χ2n) is 4.26. The van der Waals surface area contributed by atoms with Crippen LogP contribution in [-0.4, -0.2) is 10.9 Å². The van der Waals surface area contributed by atoms with Crippen molar-refractivity contribution in [2.24, 2.45) is 11.1 Å². The number of carbonyl (C=O) groups excluding carboxylic acids is 1. The predicted octanol–water partition coefficient (Wildman–Crippen LogP) is 2.73. The minimum atomic E-state index is -0.644. The van der Waals surface area contributed by atoms with E-state index in [1.165, 1.54) is 0 Å². The molecule has 0 bridgehead atoms. The Kier molecular flexibility index (Phi) is 3.35. The van der Waals surface area contributed by atoms with Crippen LogP contribution in [0.25, 0.3) is 0 Å². The number of hydrogen-bond acceptors (Lipinski definition) is 2. The summed E-state index contributed by atoms with van der Waals surface area (Å²) in [6, 6.07) is 6.97. The van der Waals surface area contributed by atoms with Crippen LogP contribution in [0.15, 0.2) is 24.3 Å². The third-order valence-corrected chi connectivity index (χ3v) is 3.86. The smallest absolute Gasteiger partial charge is 0.237 e. The number of nitrogens with one attached hydrogen (secondary N) is 1. The molecule has 0 radical (unpaired) electrons. The van der Waals surface area contributed by atoms with Gasteiger partial charge in [0, 0.05) is 10.7 Å². The van der Waals surface area contributed by atoms with Gasteiger partial charge in [-0.2, -0.15) is 0 Å². The molecule has 1 aliphatic rings. The van der Waals surface area contributed by atoms with Crippen molar-refractivity contribution in [1.29, 1.82) is 0 Å². The van der Waals surface area contributed by atoms with Gasteiger partial charge < -0.3 is 11.1 Å². The summed E-state index contributed by atoms with van der Waals surface area (Å²) in [6.45, 7) is 0. The van der Waals surface area contributed by atoms with Crippen molar-refractivity contribution in [3.05, 3.63) is 29.3 Å². The molecular weight excluding hydrogens is 256 g/mol. The van der Waals surface area contributed by atoms with Crippen molar-refractivity contribution in [2.45, 2.75) is 19.3 Å². The van der Waals surface area contributed by atoms with Crippen LogP contribution in [0.5, 0.6) is 0 Å². The molecule has 1 amide bonds. The lowest BCUT2D eigenvalue weighted by Crippen LogP contribution is -2.50. The Morgan fingerprint density at radius 3 is 2.35 bits per heavy atom. The molecule has 1 aromatic carbocycles. The van der Waals surface area contributed by atoms with Crippen LogP contribution in [0.4, 0.5) is 5.69 Å². The number of anilines is 1. The second kappa shape index (κ2) is 4.63. The van der Waals surface area contributed by atoms with Crippen molar-refractivity contribution in [3.63, 3.8) is 0 Å². The van der Waals surface area contributed by atoms with E-state index in [0.29, 0.717) is 10.7 Å². The molecule has 0 aliphatic heterocycles. The second-order valence-corrected chi connectivity index (χ2v) is 5.14. The first-order valence-electron chi connectivity index (χ1n) is 5.41. The first-order chi connectivity index (χ1) is 8.04. The van der Waals surface area contributed by atoms with E-state index in [1.807, 2.05) is 0 Å². The third-order valence-electron chi connectivity index (χ3n) is 3.22. The summed E-state index contributed by atoms with van der Waals surface area (Å²) in [7, 11) is 0. The maximum Gasteiger partial charge on any atom is 0.237 e. The van der Waals surface area contributed by atoms with Crippen molar-refractivity contribution in [2.75, 3.05) is 5.32 Å². The van der Waals surface area contributed by atoms with E-state index >= 15 is 0 Å². The van der Waals surface area contributed by atoms with E-state index in [9.17, 15) is 4.79 Å². The van der Waals surface area contributed by atoms with Gasteiger partial charge in [0.05, 0.1) is 10.4 Å². The van der Waals surface area contributed by atoms with Gasteiger partial charge >= 0.3 is 0 Å². The molecule has 2 rings (SSSR count). The molecule has 0 atom stereocenters. The van der Waals surface area contributed by atoms with E-state index in [-0.39, 0.29) is 10.9 Å². The lowest BCUT2D eigenvalue weighted by atomic mass is 9.68. The average Bonchev–Trinajstić information content (AvgIpc) is 2.19. The number of benzene rings is 1. The van der Waals surface area contributed by atoms with Crippen LogP contribution in [0.1, 0.15) is 19.3 Å². The van der Waals surface area contributed by atoms with Crippen molar-refractivity contribution in [1.82, 2.24) is 0 Å². The zero-order valence-corrected chi connectivity index (χ0v) is 10.8. The molecule has 0 unspecified atom stereocenters. The van der Waals surface area contributed by atoms with Gasteiger partial charge in [-0.1, -0.05) is 30.2 Å². The molecule has 1 aromatic rings. The van der Waals surface area contributed by atoms with Gasteiger partial charge in [0.15, 0.2) is 0 Å². The monoisotopic (exact) mass is 268 g/mol. The van der Waals surface area contributed by atoms with Crippen LogP contribution in [0.2, 0.25) is 5.02 Å². The lowest BCUT2D eigenvalue weighted by Gasteiger charge is -2.39. The average molecular weight is 269 g/mol. The summed E-state index contributed by atoms with van der Waals surface area (Å²) in [5, 5.41) is 3.46. The van der Waals surface area contributed by atoms with Gasteiger partial charge in [-0.3, -0.25) is 4.79 Å². The van der Waals surface area contributed by atoms with Crippen LogP contribution in [0, 0.1) is 5.41 Å². The fraction of sp³-hybridized carbons (Fsp3) is 0.333. The van der Waals surface area contributed by atoms with Crippen LogP contribution < -0.4 is 11.1 Å². The molecule has 0 saturated heterocycles. The fourth-order valence-corrected chi connectivity index (χ4v) is 2.32. The molecule has 0 aromatic heterocycles. The fourth-order valence-electron chi connectivity index (χ4n) is 1.90. The minimum absolute atomic E-state index is 0.112. The Morgan fingerprint density at radius 1 is 1.35 bits per heavy atom. The third kappa shape index (κ3) is 2.28. The highest BCUT2D eigenvalue weighted by molar-refractivity contribution is 7.80. The summed E-state index contributed by atoms with van der Waals surface area (Å²) < 4.78 is 0. The van der Waals surface area contributed by atoms with E-state index in [4.69, 9.17) is 29.6 Å². The highest BCUT2D eigenvalue weighted by Gasteiger charge is 2.46. The first kappa shape index (κ1) is 12.3. The van der Waals surface area contributed by atoms with Gasteiger partial charge in [-0.25, -0.2) is 0 Å². The largest absolute Gasteiger partial charge is 0.392 e. The number of hydrogen-bond donors (Lipinski definition) is 2. The van der Waals surface area contributed by atoms with Crippen LogP contribution >= 0.6 is 23.8 Å². The summed E-state index contributed by atoms with van der Waals surface area (Å²) in [4.78, 5) is 12.4. The molecule has 3 nitrogen and oxygen atoms in total. The summed E-state index contributed by atoms with van der Waals surface area (Å²) in [5.41, 5.74) is 5.73. The highest BCUT2D eigenvalue weighted by Crippen LogP contribution is 2.42. The minimum Gasteiger partial charge on any atom is -0.392 e. The quantitative estimate of drug-likeness (QED) is 0.829. The predicted molar refractivity (Wildman–Crippen MR) is 73.2 cm³/mol. The van der Waals surface area contributed by atoms with E-state index in [1.54, 1.807) is 24.3 Å². The first-order valence-corrected chi connectivity index (χ1v) is 6.20. The molecule has 1 saturated carbocycles. The van der Waals surface area contributed by atoms with Gasteiger partial charge in [0.1, 0.15) is 0 Å². The van der Waals surface area contributed by atoms with Crippen molar-refractivity contribution in [3.8, 4) is 0 Å². The standard InChI is InChI=1S/C12H13ClN2OS/c13-8-2-4-9(5-3-8)15-11(16)12(10(14)17)6-1-7-12/h2-5H,1,6-7H2,(H2,14,17)(H,15,16). The highest BCUT2D eigenvalue weighted by atomic mass is 35.5. The number of thiocarbonyl (C=S) groups is 1. The Bertz CT molecular complexity index is 454. The normalized spacial score (nSPS) is 17.0. The molecular formula is C12H13ClN2OS. The molecule has 1 aliphatic carbocycles. The van der Waals surface area contributed by atoms with E-state index < -0.39 is 5.41 Å². The zero-order chi connectivity index (χ0) is 12.5. The Balaban J connectivity index is 2.11. The Labute approximate surface area is 110 Å². The zero-order valence-electron chi connectivity index (χ0n) is 9.20. The number of halogens is 1. The van der Waals surface area contributed by atoms with E-state index in [0.717, 1.165) is 19.3 Å². The molecule has 0 spiro atoms. The SMILES string of the molecule is NC(=S)C1(C(=O)Nc2ccc(Cl)cc2)CCC1. The van der Waals surface area contributed by atoms with Crippen molar-refractivity contribution >= 4 is 40.4 Å². The van der Waals surface area contributed by atoms with Gasteiger partial charge in [0.25, 0.3) is 0 Å². The molecule has 1 fully saturated rings. The van der Waals surface area contributed by atoms with E-state index in [2.05, 4.69) is 5.32 Å². The summed E-state index contributed by atoms with van der Waals surface area (Å²) in [5.74, 6) is -0.112. The number of amides is 1. The molecule has 90 valence electrons. The van der Waals surface area contributed by atoms with Gasteiger partial charge in [-0.15, -0.1) is 0 Å². The molecule has 17 heavy (non-hydrogen) atoms. The Hall–Kier alpha value is -1.13. The van der Waals surface area contributed by atoms with Gasteiger partial charge in [-0.05, 0) is 37.1 Å². The summed E-state index contributed by atoms with van der Waals surface area (Å²) in [6.07, 6.45) is 2.47. The number of carbonyl (C=O) groups is 1. The lowest BCUT2D eigenvalue weighted by molar-refractivity contribution is -0.125.